The molecule has 1 aliphatic rings. The Kier molecular flexibility index (Phi) is 3.74. The summed E-state index contributed by atoms with van der Waals surface area (Å²) in [7, 11) is 0. The summed E-state index contributed by atoms with van der Waals surface area (Å²) < 4.78 is 13.4. The van der Waals surface area contributed by atoms with E-state index in [1.54, 1.807) is 17.8 Å². The molecule has 3 rings (SSSR count). The van der Waals surface area contributed by atoms with Crippen LogP contribution in [0.1, 0.15) is 28.5 Å². The van der Waals surface area contributed by atoms with Crippen molar-refractivity contribution in [3.05, 3.63) is 57.8 Å². The van der Waals surface area contributed by atoms with Gasteiger partial charge < -0.3 is 5.32 Å². The van der Waals surface area contributed by atoms with Crippen LogP contribution in [0.5, 0.6) is 0 Å². The van der Waals surface area contributed by atoms with Crippen LogP contribution in [-0.2, 0) is 0 Å². The van der Waals surface area contributed by atoms with Gasteiger partial charge in [0.1, 0.15) is 11.5 Å². The van der Waals surface area contributed by atoms with Gasteiger partial charge in [-0.2, -0.15) is 5.10 Å². The van der Waals surface area contributed by atoms with Gasteiger partial charge in [-0.15, -0.1) is 11.8 Å². The number of nitrogens with zero attached hydrogens (tertiary/aromatic N) is 1. The van der Waals surface area contributed by atoms with E-state index in [-0.39, 0.29) is 23.1 Å². The number of hydrogen-bond acceptors (Lipinski definition) is 4. The van der Waals surface area contributed by atoms with Crippen molar-refractivity contribution >= 4 is 17.7 Å². The van der Waals surface area contributed by atoms with Crippen LogP contribution in [0.25, 0.3) is 0 Å². The first-order valence-electron chi connectivity index (χ1n) is 6.42. The number of thioether (sulfide) groups is 1. The average molecular weight is 305 g/mol. The number of rotatable bonds is 2. The molecule has 1 amide bonds. The molecule has 108 valence electrons. The van der Waals surface area contributed by atoms with Crippen molar-refractivity contribution in [2.75, 3.05) is 5.75 Å². The van der Waals surface area contributed by atoms with E-state index >= 15 is 0 Å². The van der Waals surface area contributed by atoms with Gasteiger partial charge in [0.05, 0.1) is 6.04 Å². The Balaban J connectivity index is 1.83. The number of carbonyl (C=O) groups is 1. The highest BCUT2D eigenvalue weighted by Crippen LogP contribution is 2.36. The van der Waals surface area contributed by atoms with Gasteiger partial charge in [0.25, 0.3) is 11.5 Å². The largest absolute Gasteiger partial charge is 0.344 e. The highest BCUT2D eigenvalue weighted by atomic mass is 32.2. The molecule has 1 atom stereocenters. The molecule has 1 unspecified atom stereocenters. The summed E-state index contributed by atoms with van der Waals surface area (Å²) in [6.07, 6.45) is 0.718. The zero-order chi connectivity index (χ0) is 14.8. The van der Waals surface area contributed by atoms with Gasteiger partial charge in [-0.3, -0.25) is 9.59 Å². The van der Waals surface area contributed by atoms with Crippen molar-refractivity contribution in [2.45, 2.75) is 17.4 Å². The Hall–Kier alpha value is -2.15. The quantitative estimate of drug-likeness (QED) is 0.888. The summed E-state index contributed by atoms with van der Waals surface area (Å²) in [6.45, 7) is 0. The molecule has 0 radical (unpaired) electrons. The van der Waals surface area contributed by atoms with Gasteiger partial charge in [0.15, 0.2) is 0 Å². The minimum atomic E-state index is -0.390. The van der Waals surface area contributed by atoms with Crippen molar-refractivity contribution in [3.8, 4) is 0 Å². The first kappa shape index (κ1) is 13.8. The van der Waals surface area contributed by atoms with Gasteiger partial charge in [-0.25, -0.2) is 9.49 Å². The fraction of sp³-hybridized carbons (Fsp3) is 0.214. The lowest BCUT2D eigenvalue weighted by atomic mass is 10.0. The van der Waals surface area contributed by atoms with E-state index in [4.69, 9.17) is 0 Å². The molecule has 1 aromatic heterocycles. The molecule has 0 saturated heterocycles. The minimum absolute atomic E-state index is 0.130. The zero-order valence-electron chi connectivity index (χ0n) is 10.9. The molecule has 7 heteroatoms. The van der Waals surface area contributed by atoms with E-state index in [0.717, 1.165) is 22.6 Å². The number of H-pyrrole nitrogens is 1. The number of benzene rings is 1. The lowest BCUT2D eigenvalue weighted by Crippen LogP contribution is -2.32. The lowest BCUT2D eigenvalue weighted by Gasteiger charge is -2.25. The number of halogens is 1. The number of nitrogens with one attached hydrogen (secondary N) is 2. The summed E-state index contributed by atoms with van der Waals surface area (Å²) in [5, 5.41) is 8.74. The second-order valence-corrected chi connectivity index (χ2v) is 5.79. The van der Waals surface area contributed by atoms with E-state index in [1.807, 2.05) is 0 Å². The van der Waals surface area contributed by atoms with E-state index in [2.05, 4.69) is 15.5 Å². The molecule has 2 N–H and O–H groups in total. The maximum atomic E-state index is 13.4. The van der Waals surface area contributed by atoms with Crippen LogP contribution in [0.2, 0.25) is 0 Å². The molecule has 2 aromatic rings. The normalized spacial score (nSPS) is 17.1. The third-order valence-electron chi connectivity index (χ3n) is 3.23. The number of aromatic nitrogens is 2. The molecule has 1 aromatic carbocycles. The lowest BCUT2D eigenvalue weighted by molar-refractivity contribution is 0.0928. The van der Waals surface area contributed by atoms with E-state index in [0.29, 0.717) is 0 Å². The van der Waals surface area contributed by atoms with Crippen molar-refractivity contribution in [1.29, 1.82) is 0 Å². The van der Waals surface area contributed by atoms with Crippen LogP contribution in [-0.4, -0.2) is 21.9 Å². The SMILES string of the molecule is O=C(NC1CCSc2ccc(F)cc21)c1ccc(=O)[nH]n1. The first-order valence-corrected chi connectivity index (χ1v) is 7.41. The molecular formula is C14H12FN3O2S. The Morgan fingerprint density at radius 1 is 1.38 bits per heavy atom. The molecule has 0 saturated carbocycles. The second kappa shape index (κ2) is 5.69. The smallest absolute Gasteiger partial charge is 0.272 e. The van der Waals surface area contributed by atoms with Crippen LogP contribution in [0.15, 0.2) is 40.0 Å². The number of amides is 1. The average Bonchev–Trinajstić information content (AvgIpc) is 2.48. The Labute approximate surface area is 124 Å². The first-order chi connectivity index (χ1) is 10.1. The van der Waals surface area contributed by atoms with Gasteiger partial charge in [0, 0.05) is 16.7 Å². The maximum Gasteiger partial charge on any atom is 0.272 e. The third-order valence-corrected chi connectivity index (χ3v) is 4.35. The van der Waals surface area contributed by atoms with Crippen LogP contribution >= 0.6 is 11.8 Å². The van der Waals surface area contributed by atoms with Crippen molar-refractivity contribution in [2.24, 2.45) is 0 Å². The molecule has 21 heavy (non-hydrogen) atoms. The Morgan fingerprint density at radius 3 is 3.00 bits per heavy atom. The zero-order valence-corrected chi connectivity index (χ0v) is 11.7. The second-order valence-electron chi connectivity index (χ2n) is 4.65. The van der Waals surface area contributed by atoms with E-state index in [9.17, 15) is 14.0 Å². The van der Waals surface area contributed by atoms with Crippen LogP contribution in [0.4, 0.5) is 4.39 Å². The van der Waals surface area contributed by atoms with Crippen molar-refractivity contribution in [1.82, 2.24) is 15.5 Å². The van der Waals surface area contributed by atoms with Gasteiger partial charge in [-0.1, -0.05) is 0 Å². The number of carbonyl (C=O) groups excluding carboxylic acids is 1. The fourth-order valence-electron chi connectivity index (χ4n) is 2.22. The predicted molar refractivity (Wildman–Crippen MR) is 76.8 cm³/mol. The van der Waals surface area contributed by atoms with E-state index < -0.39 is 5.91 Å². The van der Waals surface area contributed by atoms with Gasteiger partial charge in [-0.05, 0) is 36.2 Å². The van der Waals surface area contributed by atoms with Gasteiger partial charge in [0.2, 0.25) is 0 Å². The molecule has 0 bridgehead atoms. The van der Waals surface area contributed by atoms with Crippen LogP contribution in [0, 0.1) is 5.82 Å². The third kappa shape index (κ3) is 2.97. The van der Waals surface area contributed by atoms with Crippen molar-refractivity contribution in [3.63, 3.8) is 0 Å². The summed E-state index contributed by atoms with van der Waals surface area (Å²) >= 11 is 1.64. The van der Waals surface area contributed by atoms with Gasteiger partial charge >= 0.3 is 0 Å². The molecule has 1 aliphatic heterocycles. The topological polar surface area (TPSA) is 74.8 Å². The van der Waals surface area contributed by atoms with E-state index in [1.165, 1.54) is 24.3 Å². The summed E-state index contributed by atoms with van der Waals surface area (Å²) in [6, 6.07) is 6.95. The highest BCUT2D eigenvalue weighted by molar-refractivity contribution is 7.99. The fourth-order valence-corrected chi connectivity index (χ4v) is 3.32. The maximum absolute atomic E-state index is 13.4. The number of aromatic amines is 1. The minimum Gasteiger partial charge on any atom is -0.344 e. The molecule has 5 nitrogen and oxygen atoms in total. The molecule has 0 aliphatic carbocycles. The highest BCUT2D eigenvalue weighted by Gasteiger charge is 2.23. The monoisotopic (exact) mass is 305 g/mol. The summed E-state index contributed by atoms with van der Waals surface area (Å²) in [5.41, 5.74) is 0.544. The predicted octanol–water partition coefficient (Wildman–Crippen LogP) is 1.88. The molecule has 0 spiro atoms. The standard InChI is InChI=1S/C14H12FN3O2S/c15-8-1-3-12-9(7-8)10(5-6-21-12)16-14(20)11-2-4-13(19)18-17-11/h1-4,7,10H,5-6H2,(H,16,20)(H,18,19). The summed E-state index contributed by atoms with van der Waals surface area (Å²) in [5.74, 6) is 0.138. The van der Waals surface area contributed by atoms with Crippen LogP contribution in [0.3, 0.4) is 0 Å². The van der Waals surface area contributed by atoms with Crippen molar-refractivity contribution < 1.29 is 9.18 Å². The number of fused-ring (bicyclic) bond motifs is 1. The summed E-state index contributed by atoms with van der Waals surface area (Å²) in [4.78, 5) is 24.0. The van der Waals surface area contributed by atoms with Crippen LogP contribution < -0.4 is 10.9 Å². The Bertz CT molecular complexity index is 727. The Morgan fingerprint density at radius 2 is 2.24 bits per heavy atom. The molecule has 2 heterocycles. The molecule has 0 fully saturated rings. The molecular weight excluding hydrogens is 293 g/mol. The number of hydrogen-bond donors (Lipinski definition) is 2.